The second kappa shape index (κ2) is 5.16. The lowest BCUT2D eigenvalue weighted by atomic mass is 10.1. The zero-order valence-electron chi connectivity index (χ0n) is 11.1. The molecule has 3 unspecified atom stereocenters. The summed E-state index contributed by atoms with van der Waals surface area (Å²) in [6.45, 7) is 3.17. The number of aliphatic hydroxyl groups is 1. The van der Waals surface area contributed by atoms with Crippen molar-refractivity contribution in [2.45, 2.75) is 25.1 Å². The van der Waals surface area contributed by atoms with Crippen LogP contribution in [0.5, 0.6) is 0 Å². The molecular weight excluding hydrogens is 234 g/mol. The minimum atomic E-state index is -0.382. The van der Waals surface area contributed by atoms with E-state index in [0.29, 0.717) is 6.04 Å². The van der Waals surface area contributed by atoms with Crippen LogP contribution in [-0.4, -0.2) is 22.6 Å². The summed E-state index contributed by atoms with van der Waals surface area (Å²) in [6, 6.07) is 21.0. The smallest absolute Gasteiger partial charge is 0.0957 e. The van der Waals surface area contributed by atoms with Crippen molar-refractivity contribution in [3.8, 4) is 0 Å². The van der Waals surface area contributed by atoms with Gasteiger partial charge in [-0.15, -0.1) is 0 Å². The Hall–Kier alpha value is -1.64. The topological polar surface area (TPSA) is 23.2 Å². The third-order valence-corrected chi connectivity index (χ3v) is 3.98. The molecule has 0 aliphatic carbocycles. The van der Waals surface area contributed by atoms with Gasteiger partial charge in [-0.2, -0.15) is 0 Å². The molecule has 1 heterocycles. The van der Waals surface area contributed by atoms with Crippen molar-refractivity contribution in [3.05, 3.63) is 71.8 Å². The van der Waals surface area contributed by atoms with Crippen LogP contribution in [0.4, 0.5) is 0 Å². The van der Waals surface area contributed by atoms with E-state index in [9.17, 15) is 5.11 Å². The van der Waals surface area contributed by atoms with Gasteiger partial charge in [-0.05, 0) is 18.1 Å². The molecule has 0 saturated carbocycles. The van der Waals surface area contributed by atoms with E-state index in [1.54, 1.807) is 0 Å². The van der Waals surface area contributed by atoms with Crippen molar-refractivity contribution in [1.29, 1.82) is 0 Å². The quantitative estimate of drug-likeness (QED) is 0.846. The number of rotatable bonds is 4. The molecule has 4 atom stereocenters. The van der Waals surface area contributed by atoms with Gasteiger partial charge in [-0.3, -0.25) is 4.90 Å². The molecule has 1 aliphatic rings. The van der Waals surface area contributed by atoms with Gasteiger partial charge in [0.25, 0.3) is 0 Å². The van der Waals surface area contributed by atoms with Crippen LogP contribution in [0, 0.1) is 0 Å². The van der Waals surface area contributed by atoms with Crippen LogP contribution in [0.25, 0.3) is 0 Å². The van der Waals surface area contributed by atoms with Crippen molar-refractivity contribution in [1.82, 2.24) is 4.90 Å². The van der Waals surface area contributed by atoms with Crippen LogP contribution in [0.2, 0.25) is 0 Å². The Balaban J connectivity index is 1.68. The van der Waals surface area contributed by atoms with Gasteiger partial charge in [-0.25, -0.2) is 0 Å². The lowest BCUT2D eigenvalue weighted by Crippen LogP contribution is -2.14. The molecule has 1 aliphatic heterocycles. The van der Waals surface area contributed by atoms with Gasteiger partial charge in [0, 0.05) is 12.6 Å². The molecular formula is C17H19NO. The Morgan fingerprint density at radius 3 is 2.05 bits per heavy atom. The Labute approximate surface area is 114 Å². The number of hydrogen-bond donors (Lipinski definition) is 1. The zero-order chi connectivity index (χ0) is 13.2. The standard InChI is InChI=1S/C17H19NO/c1-13(14-8-4-2-5-9-14)18-12-16(18)17(19)15-10-6-3-7-11-15/h2-11,13,16-17,19H,12H2,1H3/t13?,16?,17-,18?/m1/s1. The maximum Gasteiger partial charge on any atom is 0.0957 e. The van der Waals surface area contributed by atoms with Gasteiger partial charge in [0.15, 0.2) is 0 Å². The van der Waals surface area contributed by atoms with E-state index in [4.69, 9.17) is 0 Å². The van der Waals surface area contributed by atoms with Gasteiger partial charge in [-0.1, -0.05) is 60.7 Å². The summed E-state index contributed by atoms with van der Waals surface area (Å²) in [4.78, 5) is 2.34. The van der Waals surface area contributed by atoms with Gasteiger partial charge < -0.3 is 5.11 Å². The first-order valence-electron chi connectivity index (χ1n) is 6.81. The summed E-state index contributed by atoms with van der Waals surface area (Å²) >= 11 is 0. The van der Waals surface area contributed by atoms with Gasteiger partial charge in [0.2, 0.25) is 0 Å². The highest BCUT2D eigenvalue weighted by Gasteiger charge is 2.43. The number of aliphatic hydroxyl groups excluding tert-OH is 1. The lowest BCUT2D eigenvalue weighted by Gasteiger charge is -2.17. The molecule has 3 rings (SSSR count). The van der Waals surface area contributed by atoms with Crippen LogP contribution >= 0.6 is 0 Å². The Morgan fingerprint density at radius 1 is 0.947 bits per heavy atom. The predicted octanol–water partition coefficient (Wildman–Crippen LogP) is 3.17. The van der Waals surface area contributed by atoms with Crippen LogP contribution < -0.4 is 0 Å². The zero-order valence-corrected chi connectivity index (χ0v) is 11.1. The van der Waals surface area contributed by atoms with Crippen LogP contribution in [0.15, 0.2) is 60.7 Å². The number of hydrogen-bond acceptors (Lipinski definition) is 2. The number of nitrogens with zero attached hydrogens (tertiary/aromatic N) is 1. The second-order valence-electron chi connectivity index (χ2n) is 5.21. The third kappa shape index (κ3) is 2.55. The average molecular weight is 253 g/mol. The molecule has 98 valence electrons. The van der Waals surface area contributed by atoms with Crippen molar-refractivity contribution >= 4 is 0 Å². The maximum atomic E-state index is 10.4. The Morgan fingerprint density at radius 2 is 1.47 bits per heavy atom. The molecule has 0 radical (unpaired) electrons. The molecule has 0 amide bonds. The monoisotopic (exact) mass is 253 g/mol. The predicted molar refractivity (Wildman–Crippen MR) is 76.8 cm³/mol. The van der Waals surface area contributed by atoms with E-state index < -0.39 is 0 Å². The molecule has 1 saturated heterocycles. The summed E-state index contributed by atoms with van der Waals surface area (Å²) < 4.78 is 0. The maximum absolute atomic E-state index is 10.4. The van der Waals surface area contributed by atoms with Crippen LogP contribution in [0.1, 0.15) is 30.2 Å². The van der Waals surface area contributed by atoms with Crippen molar-refractivity contribution in [2.24, 2.45) is 0 Å². The first kappa shape index (κ1) is 12.4. The highest BCUT2D eigenvalue weighted by atomic mass is 16.3. The van der Waals surface area contributed by atoms with Crippen LogP contribution in [0.3, 0.4) is 0 Å². The summed E-state index contributed by atoms with van der Waals surface area (Å²) in [6.07, 6.45) is -0.382. The molecule has 19 heavy (non-hydrogen) atoms. The first-order chi connectivity index (χ1) is 9.27. The number of benzene rings is 2. The molecule has 2 heteroatoms. The lowest BCUT2D eigenvalue weighted by molar-refractivity contribution is 0.151. The molecule has 0 spiro atoms. The first-order valence-corrected chi connectivity index (χ1v) is 6.81. The fourth-order valence-corrected chi connectivity index (χ4v) is 2.69. The van der Waals surface area contributed by atoms with Crippen molar-refractivity contribution < 1.29 is 5.11 Å². The van der Waals surface area contributed by atoms with E-state index in [-0.39, 0.29) is 12.1 Å². The van der Waals surface area contributed by atoms with E-state index in [2.05, 4.69) is 36.1 Å². The molecule has 0 bridgehead atoms. The summed E-state index contributed by atoms with van der Waals surface area (Å²) in [5, 5.41) is 10.4. The minimum Gasteiger partial charge on any atom is -0.387 e. The van der Waals surface area contributed by atoms with Crippen LogP contribution in [-0.2, 0) is 0 Å². The van der Waals surface area contributed by atoms with Gasteiger partial charge in [0.1, 0.15) is 0 Å². The van der Waals surface area contributed by atoms with Gasteiger partial charge in [0.05, 0.1) is 12.1 Å². The molecule has 1 N–H and O–H groups in total. The molecule has 1 fully saturated rings. The van der Waals surface area contributed by atoms with E-state index in [0.717, 1.165) is 12.1 Å². The average Bonchev–Trinajstić information content (AvgIpc) is 3.28. The second-order valence-corrected chi connectivity index (χ2v) is 5.21. The van der Waals surface area contributed by atoms with Gasteiger partial charge >= 0.3 is 0 Å². The van der Waals surface area contributed by atoms with E-state index >= 15 is 0 Å². The fraction of sp³-hybridized carbons (Fsp3) is 0.294. The van der Waals surface area contributed by atoms with E-state index in [1.165, 1.54) is 5.56 Å². The molecule has 2 aromatic carbocycles. The van der Waals surface area contributed by atoms with Crippen molar-refractivity contribution in [3.63, 3.8) is 0 Å². The normalized spacial score (nSPS) is 24.7. The highest BCUT2D eigenvalue weighted by molar-refractivity contribution is 5.24. The molecule has 2 aromatic rings. The largest absolute Gasteiger partial charge is 0.387 e. The third-order valence-electron chi connectivity index (χ3n) is 3.98. The SMILES string of the molecule is CC(c1ccccc1)N1CC1[C@H](O)c1ccccc1. The fourth-order valence-electron chi connectivity index (χ4n) is 2.69. The van der Waals surface area contributed by atoms with Crippen molar-refractivity contribution in [2.75, 3.05) is 6.54 Å². The highest BCUT2D eigenvalue weighted by Crippen LogP contribution is 2.38. The molecule has 2 nitrogen and oxygen atoms in total. The minimum absolute atomic E-state index is 0.248. The summed E-state index contributed by atoms with van der Waals surface area (Å²) in [5.74, 6) is 0. The molecule has 0 aromatic heterocycles. The Bertz CT molecular complexity index is 476. The summed E-state index contributed by atoms with van der Waals surface area (Å²) in [7, 11) is 0. The summed E-state index contributed by atoms with van der Waals surface area (Å²) in [5.41, 5.74) is 2.32. The van der Waals surface area contributed by atoms with E-state index in [1.807, 2.05) is 36.4 Å². The Kier molecular flexibility index (Phi) is 3.36.